The van der Waals surface area contributed by atoms with Crippen molar-refractivity contribution in [1.29, 1.82) is 0 Å². The molecule has 38 heavy (non-hydrogen) atoms. The van der Waals surface area contributed by atoms with Gasteiger partial charge in [0.1, 0.15) is 12.4 Å². The summed E-state index contributed by atoms with van der Waals surface area (Å²) in [4.78, 5) is 24.3. The van der Waals surface area contributed by atoms with Crippen LogP contribution in [0, 0.1) is 0 Å². The van der Waals surface area contributed by atoms with Crippen LogP contribution < -0.4 is 25.0 Å². The third-order valence-electron chi connectivity index (χ3n) is 5.51. The van der Waals surface area contributed by atoms with Crippen LogP contribution in [0.2, 0.25) is 0 Å². The maximum absolute atomic E-state index is 12.2. The molecule has 0 aliphatic carbocycles. The van der Waals surface area contributed by atoms with Crippen LogP contribution in [0.5, 0.6) is 17.2 Å². The van der Waals surface area contributed by atoms with Gasteiger partial charge in [0.2, 0.25) is 0 Å². The van der Waals surface area contributed by atoms with Gasteiger partial charge in [0.15, 0.2) is 11.5 Å². The van der Waals surface area contributed by atoms with E-state index in [-0.39, 0.29) is 0 Å². The van der Waals surface area contributed by atoms with Crippen molar-refractivity contribution in [3.05, 3.63) is 94.5 Å². The highest BCUT2D eigenvalue weighted by Crippen LogP contribution is 2.37. The highest BCUT2D eigenvalue weighted by Gasteiger charge is 2.14. The van der Waals surface area contributed by atoms with E-state index in [9.17, 15) is 9.59 Å². The van der Waals surface area contributed by atoms with Gasteiger partial charge in [0.25, 0.3) is 0 Å². The van der Waals surface area contributed by atoms with E-state index in [0.717, 1.165) is 16.3 Å². The van der Waals surface area contributed by atoms with Crippen LogP contribution in [-0.2, 0) is 16.2 Å². The Balaban J connectivity index is 1.38. The molecule has 0 aliphatic rings. The number of rotatable bonds is 9. The summed E-state index contributed by atoms with van der Waals surface area (Å²) in [5.74, 6) is -0.0541. The second-order valence-corrected chi connectivity index (χ2v) is 8.93. The first-order chi connectivity index (χ1) is 18.5. The summed E-state index contributed by atoms with van der Waals surface area (Å²) >= 11 is 3.53. The Labute approximate surface area is 228 Å². The van der Waals surface area contributed by atoms with Gasteiger partial charge < -0.3 is 19.5 Å². The molecule has 0 spiro atoms. The third kappa shape index (κ3) is 6.68. The maximum Gasteiger partial charge on any atom is 0.329 e. The Morgan fingerprint density at radius 2 is 1.71 bits per heavy atom. The number of anilines is 1. The molecular formula is C29H26BrN3O5. The highest BCUT2D eigenvalue weighted by atomic mass is 79.9. The van der Waals surface area contributed by atoms with Gasteiger partial charge >= 0.3 is 11.8 Å². The minimum absolute atomic E-state index is 0.350. The molecule has 0 atom stereocenters. The Bertz CT molecular complexity index is 1470. The quantitative estimate of drug-likeness (QED) is 0.152. The van der Waals surface area contributed by atoms with E-state index < -0.39 is 11.8 Å². The number of benzene rings is 4. The second kappa shape index (κ2) is 12.7. The van der Waals surface area contributed by atoms with Gasteiger partial charge in [-0.1, -0.05) is 42.5 Å². The van der Waals surface area contributed by atoms with Gasteiger partial charge in [-0.2, -0.15) is 5.10 Å². The van der Waals surface area contributed by atoms with Crippen LogP contribution >= 0.6 is 15.9 Å². The Kier molecular flexibility index (Phi) is 8.94. The molecule has 0 saturated carbocycles. The number of hydrogen-bond donors (Lipinski definition) is 2. The predicted molar refractivity (Wildman–Crippen MR) is 151 cm³/mol. The monoisotopic (exact) mass is 575 g/mol. The van der Waals surface area contributed by atoms with E-state index >= 15 is 0 Å². The summed E-state index contributed by atoms with van der Waals surface area (Å²) in [5.41, 5.74) is 4.36. The van der Waals surface area contributed by atoms with Gasteiger partial charge in [-0.15, -0.1) is 0 Å². The summed E-state index contributed by atoms with van der Waals surface area (Å²) in [6, 6.07) is 24.4. The molecule has 2 amide bonds. The van der Waals surface area contributed by atoms with Crippen LogP contribution in [0.3, 0.4) is 0 Å². The standard InChI is InChI=1S/C29H26BrN3O5/c1-3-37-23-13-11-22(12-14-23)32-28(34)29(35)33-31-17-19-15-25(30)27(26(16-19)36-2)38-18-21-9-6-8-20-7-4-5-10-24(20)21/h4-17H,3,18H2,1-2H3,(H,32,34)(H,33,35)/b31-17+. The van der Waals surface area contributed by atoms with Crippen molar-refractivity contribution < 1.29 is 23.8 Å². The number of amides is 2. The van der Waals surface area contributed by atoms with Crippen LogP contribution in [0.25, 0.3) is 10.8 Å². The lowest BCUT2D eigenvalue weighted by atomic mass is 10.1. The van der Waals surface area contributed by atoms with Gasteiger partial charge in [-0.3, -0.25) is 9.59 Å². The number of ether oxygens (including phenoxy) is 3. The van der Waals surface area contributed by atoms with Crippen molar-refractivity contribution in [2.75, 3.05) is 19.0 Å². The second-order valence-electron chi connectivity index (χ2n) is 8.07. The van der Waals surface area contributed by atoms with Gasteiger partial charge in [-0.05, 0) is 81.2 Å². The zero-order valence-corrected chi connectivity index (χ0v) is 22.4. The van der Waals surface area contributed by atoms with Crippen molar-refractivity contribution in [3.8, 4) is 17.2 Å². The first-order valence-electron chi connectivity index (χ1n) is 11.8. The fourth-order valence-corrected chi connectivity index (χ4v) is 4.30. The van der Waals surface area contributed by atoms with E-state index in [2.05, 4.69) is 50.0 Å². The lowest BCUT2D eigenvalue weighted by molar-refractivity contribution is -0.136. The molecule has 4 rings (SSSR count). The third-order valence-corrected chi connectivity index (χ3v) is 6.10. The average molecular weight is 576 g/mol. The van der Waals surface area contributed by atoms with Crippen molar-refractivity contribution >= 4 is 50.4 Å². The Hall–Kier alpha value is -4.37. The molecule has 0 aliphatic heterocycles. The number of carbonyl (C=O) groups is 2. The number of nitrogens with one attached hydrogen (secondary N) is 2. The Morgan fingerprint density at radius 3 is 2.47 bits per heavy atom. The largest absolute Gasteiger partial charge is 0.494 e. The van der Waals surface area contributed by atoms with Crippen LogP contribution in [0.1, 0.15) is 18.1 Å². The molecule has 0 radical (unpaired) electrons. The topological polar surface area (TPSA) is 98.2 Å². The number of carbonyl (C=O) groups excluding carboxylic acids is 2. The lowest BCUT2D eigenvalue weighted by Gasteiger charge is -2.14. The summed E-state index contributed by atoms with van der Waals surface area (Å²) in [7, 11) is 1.54. The van der Waals surface area contributed by atoms with Gasteiger partial charge in [0.05, 0.1) is 24.4 Å². The van der Waals surface area contributed by atoms with E-state index in [0.29, 0.717) is 46.2 Å². The van der Waals surface area contributed by atoms with E-state index in [1.54, 1.807) is 43.5 Å². The molecule has 4 aromatic carbocycles. The van der Waals surface area contributed by atoms with E-state index in [1.807, 2.05) is 31.2 Å². The number of methoxy groups -OCH3 is 1. The first-order valence-corrected chi connectivity index (χ1v) is 12.6. The number of hydrogen-bond acceptors (Lipinski definition) is 6. The number of nitrogens with zero attached hydrogens (tertiary/aromatic N) is 1. The Morgan fingerprint density at radius 1 is 0.947 bits per heavy atom. The van der Waals surface area contributed by atoms with Crippen molar-refractivity contribution in [2.45, 2.75) is 13.5 Å². The SMILES string of the molecule is CCOc1ccc(NC(=O)C(=O)N/N=C/c2cc(Br)c(OCc3cccc4ccccc34)c(OC)c2)cc1. The predicted octanol–water partition coefficient (Wildman–Crippen LogP) is 5.68. The van der Waals surface area contributed by atoms with E-state index in [1.165, 1.54) is 6.21 Å². The fourth-order valence-electron chi connectivity index (χ4n) is 3.73. The smallest absolute Gasteiger partial charge is 0.329 e. The summed E-state index contributed by atoms with van der Waals surface area (Å²) in [6.45, 7) is 2.77. The summed E-state index contributed by atoms with van der Waals surface area (Å²) < 4.78 is 17.6. The van der Waals surface area contributed by atoms with Crippen molar-refractivity contribution in [2.24, 2.45) is 5.10 Å². The lowest BCUT2D eigenvalue weighted by Crippen LogP contribution is -2.32. The van der Waals surface area contributed by atoms with Crippen LogP contribution in [0.15, 0.2) is 88.4 Å². The first kappa shape index (κ1) is 26.7. The average Bonchev–Trinajstić information content (AvgIpc) is 2.93. The fraction of sp³-hybridized carbons (Fsp3) is 0.138. The molecule has 4 aromatic rings. The van der Waals surface area contributed by atoms with E-state index in [4.69, 9.17) is 14.2 Å². The molecule has 0 unspecified atom stereocenters. The summed E-state index contributed by atoms with van der Waals surface area (Å²) in [5, 5.41) is 8.66. The van der Waals surface area contributed by atoms with Crippen LogP contribution in [-0.4, -0.2) is 31.7 Å². The summed E-state index contributed by atoms with van der Waals surface area (Å²) in [6.07, 6.45) is 1.41. The molecule has 0 bridgehead atoms. The molecule has 0 heterocycles. The zero-order valence-electron chi connectivity index (χ0n) is 20.9. The van der Waals surface area contributed by atoms with Gasteiger partial charge in [-0.25, -0.2) is 5.43 Å². The van der Waals surface area contributed by atoms with Crippen LogP contribution in [0.4, 0.5) is 5.69 Å². The molecule has 194 valence electrons. The number of fused-ring (bicyclic) bond motifs is 1. The molecule has 0 saturated heterocycles. The van der Waals surface area contributed by atoms with Crippen molar-refractivity contribution in [3.63, 3.8) is 0 Å². The van der Waals surface area contributed by atoms with Crippen molar-refractivity contribution in [1.82, 2.24) is 5.43 Å². The molecule has 0 aromatic heterocycles. The normalized spacial score (nSPS) is 10.8. The number of hydrazone groups is 1. The minimum atomic E-state index is -0.906. The maximum atomic E-state index is 12.2. The molecule has 2 N–H and O–H groups in total. The number of halogens is 1. The highest BCUT2D eigenvalue weighted by molar-refractivity contribution is 9.10. The molecular weight excluding hydrogens is 550 g/mol. The molecule has 8 nitrogen and oxygen atoms in total. The molecule has 9 heteroatoms. The minimum Gasteiger partial charge on any atom is -0.494 e. The molecule has 0 fully saturated rings. The zero-order chi connectivity index (χ0) is 26.9. The van der Waals surface area contributed by atoms with Gasteiger partial charge in [0, 0.05) is 5.69 Å².